The van der Waals surface area contributed by atoms with Crippen LogP contribution in [-0.4, -0.2) is 29.6 Å². The first-order valence-corrected chi connectivity index (χ1v) is 10.6. The van der Waals surface area contributed by atoms with Crippen LogP contribution in [0.4, 0.5) is 0 Å². The fourth-order valence-electron chi connectivity index (χ4n) is 3.39. The average molecular weight is 473 g/mol. The van der Waals surface area contributed by atoms with E-state index in [1.54, 1.807) is 31.4 Å². The summed E-state index contributed by atoms with van der Waals surface area (Å²) in [6, 6.07) is 12.9. The molecule has 0 aliphatic carbocycles. The van der Waals surface area contributed by atoms with Gasteiger partial charge < -0.3 is 14.6 Å². The van der Waals surface area contributed by atoms with Gasteiger partial charge in [0.2, 0.25) is 0 Å². The third kappa shape index (κ3) is 5.03. The van der Waals surface area contributed by atoms with Crippen LogP contribution in [0.3, 0.4) is 0 Å². The maximum Gasteiger partial charge on any atom is 0.328 e. The summed E-state index contributed by atoms with van der Waals surface area (Å²) < 4.78 is 6.38. The summed E-state index contributed by atoms with van der Waals surface area (Å²) >= 11 is 12.2. The number of nitrogens with one attached hydrogen (secondary N) is 1. The zero-order valence-electron chi connectivity index (χ0n) is 17.8. The van der Waals surface area contributed by atoms with Crippen LogP contribution in [0.15, 0.2) is 59.5 Å². The van der Waals surface area contributed by atoms with E-state index >= 15 is 0 Å². The Morgan fingerprint density at radius 1 is 1.06 bits per heavy atom. The maximum absolute atomic E-state index is 12.7. The largest absolute Gasteiger partial charge is 0.467 e. The maximum atomic E-state index is 12.7. The summed E-state index contributed by atoms with van der Waals surface area (Å²) in [7, 11) is 2.95. The Morgan fingerprint density at radius 2 is 1.69 bits per heavy atom. The molecule has 0 aliphatic heterocycles. The highest BCUT2D eigenvalue weighted by Crippen LogP contribution is 2.25. The lowest BCUT2D eigenvalue weighted by atomic mass is 9.98. The number of rotatable bonds is 6. The van der Waals surface area contributed by atoms with E-state index < -0.39 is 17.9 Å². The van der Waals surface area contributed by atoms with E-state index in [9.17, 15) is 14.4 Å². The van der Waals surface area contributed by atoms with Crippen LogP contribution in [0, 0.1) is 6.92 Å². The van der Waals surface area contributed by atoms with E-state index in [4.69, 9.17) is 27.9 Å². The SMILES string of the molecule is COC(=O)C(Cc1ccc(-c2c(C)ccn(C)c2=O)cc1)NC(=O)c1c(Cl)cccc1Cl. The Balaban J connectivity index is 1.84. The molecule has 0 saturated carbocycles. The number of hydrogen-bond donors (Lipinski definition) is 1. The second kappa shape index (κ2) is 10.0. The van der Waals surface area contributed by atoms with Gasteiger partial charge in [0.15, 0.2) is 0 Å². The van der Waals surface area contributed by atoms with Crippen molar-refractivity contribution in [2.45, 2.75) is 19.4 Å². The number of ether oxygens (including phenoxy) is 1. The molecule has 1 unspecified atom stereocenters. The highest BCUT2D eigenvalue weighted by molar-refractivity contribution is 6.39. The number of esters is 1. The predicted molar refractivity (Wildman–Crippen MR) is 125 cm³/mol. The summed E-state index contributed by atoms with van der Waals surface area (Å²) in [5, 5.41) is 3.02. The number of carbonyl (C=O) groups excluding carboxylic acids is 2. The molecule has 0 radical (unpaired) electrons. The molecule has 0 aliphatic rings. The van der Waals surface area contributed by atoms with E-state index in [0.717, 1.165) is 16.7 Å². The minimum Gasteiger partial charge on any atom is -0.467 e. The monoisotopic (exact) mass is 472 g/mol. The molecule has 1 amide bonds. The number of carbonyl (C=O) groups is 2. The molecule has 1 atom stereocenters. The number of aryl methyl sites for hydroxylation is 2. The first-order valence-electron chi connectivity index (χ1n) is 9.81. The Morgan fingerprint density at radius 3 is 2.28 bits per heavy atom. The van der Waals surface area contributed by atoms with Gasteiger partial charge in [0.1, 0.15) is 6.04 Å². The molecule has 1 heterocycles. The summed E-state index contributed by atoms with van der Waals surface area (Å²) in [5.74, 6) is -1.17. The molecule has 166 valence electrons. The Kier molecular flexibility index (Phi) is 7.38. The first kappa shape index (κ1) is 23.6. The molecule has 1 aromatic heterocycles. The van der Waals surface area contributed by atoms with Crippen LogP contribution < -0.4 is 10.9 Å². The average Bonchev–Trinajstić information content (AvgIpc) is 2.76. The van der Waals surface area contributed by atoms with E-state index in [2.05, 4.69) is 5.32 Å². The van der Waals surface area contributed by atoms with Gasteiger partial charge in [-0.1, -0.05) is 53.5 Å². The summed E-state index contributed by atoms with van der Waals surface area (Å²) in [6.07, 6.45) is 1.91. The molecular weight excluding hydrogens is 451 g/mol. The molecule has 0 spiro atoms. The molecule has 3 rings (SSSR count). The van der Waals surface area contributed by atoms with Crippen LogP contribution in [0.1, 0.15) is 21.5 Å². The van der Waals surface area contributed by atoms with Crippen molar-refractivity contribution >= 4 is 35.1 Å². The lowest BCUT2D eigenvalue weighted by molar-refractivity contribution is -0.142. The van der Waals surface area contributed by atoms with Gasteiger partial charge in [-0.15, -0.1) is 0 Å². The van der Waals surface area contributed by atoms with Gasteiger partial charge in [-0.3, -0.25) is 9.59 Å². The number of halogens is 2. The number of methoxy groups -OCH3 is 1. The van der Waals surface area contributed by atoms with Gasteiger partial charge in [0.25, 0.3) is 11.5 Å². The van der Waals surface area contributed by atoms with Crippen molar-refractivity contribution in [3.63, 3.8) is 0 Å². The number of pyridine rings is 1. The minimum absolute atomic E-state index is 0.0888. The van der Waals surface area contributed by atoms with E-state index in [1.165, 1.54) is 11.7 Å². The predicted octanol–water partition coefficient (Wildman–Crippen LogP) is 4.18. The summed E-state index contributed by atoms with van der Waals surface area (Å²) in [5.41, 5.74) is 3.04. The summed E-state index contributed by atoms with van der Waals surface area (Å²) in [6.45, 7) is 1.88. The standard InChI is InChI=1S/C24H22Cl2N2O4/c1-14-11-12-28(2)23(30)20(14)16-9-7-15(8-10-16)13-19(24(31)32-3)27-22(29)21-17(25)5-4-6-18(21)26/h4-12,19H,13H2,1-3H3,(H,27,29). The number of benzene rings is 2. The van der Waals surface area contributed by atoms with Gasteiger partial charge in [-0.05, 0) is 41.8 Å². The number of aromatic nitrogens is 1. The zero-order valence-corrected chi connectivity index (χ0v) is 19.3. The highest BCUT2D eigenvalue weighted by Gasteiger charge is 2.25. The minimum atomic E-state index is -0.947. The molecular formula is C24H22Cl2N2O4. The van der Waals surface area contributed by atoms with Gasteiger partial charge in [0.05, 0.1) is 28.3 Å². The van der Waals surface area contributed by atoms with Crippen molar-refractivity contribution in [1.29, 1.82) is 0 Å². The van der Waals surface area contributed by atoms with Gasteiger partial charge in [-0.2, -0.15) is 0 Å². The van der Waals surface area contributed by atoms with Crippen LogP contribution in [0.25, 0.3) is 11.1 Å². The number of hydrogen-bond acceptors (Lipinski definition) is 4. The van der Waals surface area contributed by atoms with E-state index in [1.807, 2.05) is 37.3 Å². The Bertz CT molecular complexity index is 1200. The molecule has 6 nitrogen and oxygen atoms in total. The topological polar surface area (TPSA) is 77.4 Å². The summed E-state index contributed by atoms with van der Waals surface area (Å²) in [4.78, 5) is 37.6. The molecule has 3 aromatic rings. The molecule has 0 bridgehead atoms. The Labute approximate surface area is 195 Å². The van der Waals surface area contributed by atoms with Crippen LogP contribution in [0.2, 0.25) is 10.0 Å². The van der Waals surface area contributed by atoms with Crippen molar-refractivity contribution in [2.24, 2.45) is 7.05 Å². The van der Waals surface area contributed by atoms with Crippen molar-refractivity contribution in [3.05, 3.63) is 91.8 Å². The fourth-order valence-corrected chi connectivity index (χ4v) is 3.96. The van der Waals surface area contributed by atoms with Gasteiger partial charge in [0, 0.05) is 19.7 Å². The van der Waals surface area contributed by atoms with Crippen LogP contribution >= 0.6 is 23.2 Å². The smallest absolute Gasteiger partial charge is 0.328 e. The number of nitrogens with zero attached hydrogens (tertiary/aromatic N) is 1. The number of amides is 1. The van der Waals surface area contributed by atoms with Gasteiger partial charge in [-0.25, -0.2) is 4.79 Å². The van der Waals surface area contributed by atoms with Crippen LogP contribution in [0.5, 0.6) is 0 Å². The van der Waals surface area contributed by atoms with Gasteiger partial charge >= 0.3 is 5.97 Å². The molecule has 2 aromatic carbocycles. The molecule has 0 fully saturated rings. The third-order valence-corrected chi connectivity index (χ3v) is 5.77. The molecule has 1 N–H and O–H groups in total. The zero-order chi connectivity index (χ0) is 23.4. The molecule has 0 saturated heterocycles. The lowest BCUT2D eigenvalue weighted by Gasteiger charge is -2.18. The second-order valence-corrected chi connectivity index (χ2v) is 8.15. The van der Waals surface area contributed by atoms with Crippen molar-refractivity contribution in [2.75, 3.05) is 7.11 Å². The Hall–Kier alpha value is -3.09. The second-order valence-electron chi connectivity index (χ2n) is 7.34. The first-order chi connectivity index (χ1) is 15.2. The van der Waals surface area contributed by atoms with E-state index in [0.29, 0.717) is 5.56 Å². The molecule has 32 heavy (non-hydrogen) atoms. The fraction of sp³-hybridized carbons (Fsp3) is 0.208. The quantitative estimate of drug-likeness (QED) is 0.545. The third-order valence-electron chi connectivity index (χ3n) is 5.14. The van der Waals surface area contributed by atoms with Crippen molar-refractivity contribution in [1.82, 2.24) is 9.88 Å². The van der Waals surface area contributed by atoms with Crippen LogP contribution in [-0.2, 0) is 23.0 Å². The van der Waals surface area contributed by atoms with Crippen molar-refractivity contribution < 1.29 is 14.3 Å². The van der Waals surface area contributed by atoms with E-state index in [-0.39, 0.29) is 27.6 Å². The molecule has 8 heteroatoms. The normalized spacial score (nSPS) is 11.7. The highest BCUT2D eigenvalue weighted by atomic mass is 35.5. The van der Waals surface area contributed by atoms with Crippen molar-refractivity contribution in [3.8, 4) is 11.1 Å². The lowest BCUT2D eigenvalue weighted by Crippen LogP contribution is -2.43.